The zero-order valence-corrected chi connectivity index (χ0v) is 18.0. The summed E-state index contributed by atoms with van der Waals surface area (Å²) < 4.78 is 13.7. The van der Waals surface area contributed by atoms with Gasteiger partial charge in [0.05, 0.1) is 22.3 Å². The number of carbonyl (C=O) groups excluding carboxylic acids is 1. The van der Waals surface area contributed by atoms with Gasteiger partial charge in [0.25, 0.3) is 0 Å². The minimum Gasteiger partial charge on any atom is -0.390 e. The van der Waals surface area contributed by atoms with E-state index < -0.39 is 0 Å². The van der Waals surface area contributed by atoms with Crippen LogP contribution in [0.5, 0.6) is 0 Å². The van der Waals surface area contributed by atoms with Gasteiger partial charge in [-0.05, 0) is 42.7 Å². The maximum Gasteiger partial charge on any atom is 0.226 e. The molecule has 4 nitrogen and oxygen atoms in total. The van der Waals surface area contributed by atoms with Gasteiger partial charge in [0.2, 0.25) is 5.91 Å². The van der Waals surface area contributed by atoms with E-state index in [4.69, 9.17) is 28.0 Å². The molecule has 4 rings (SSSR count). The number of hydrogen-bond acceptors (Lipinski definition) is 3. The predicted molar refractivity (Wildman–Crippen MR) is 116 cm³/mol. The number of hydrogen-bond donors (Lipinski definition) is 0. The fraction of sp³-hybridized carbons (Fsp3) is 0.391. The van der Waals surface area contributed by atoms with Crippen molar-refractivity contribution in [3.63, 3.8) is 0 Å². The third-order valence-electron chi connectivity index (χ3n) is 5.69. The number of benzene rings is 2. The number of amides is 1. The molecule has 1 amide bonds. The van der Waals surface area contributed by atoms with Gasteiger partial charge in [-0.1, -0.05) is 59.4 Å². The smallest absolute Gasteiger partial charge is 0.226 e. The molecule has 0 saturated heterocycles. The second kappa shape index (κ2) is 9.36. The fourth-order valence-electron chi connectivity index (χ4n) is 4.14. The molecule has 1 fully saturated rings. The van der Waals surface area contributed by atoms with Gasteiger partial charge in [-0.25, -0.2) is 4.39 Å². The Kier molecular flexibility index (Phi) is 6.59. The molecule has 30 heavy (non-hydrogen) atoms. The summed E-state index contributed by atoms with van der Waals surface area (Å²) in [7, 11) is 0. The van der Waals surface area contributed by atoms with E-state index in [2.05, 4.69) is 5.16 Å². The number of oxime groups is 1. The highest BCUT2D eigenvalue weighted by Crippen LogP contribution is 2.29. The Labute approximate surface area is 185 Å². The van der Waals surface area contributed by atoms with Gasteiger partial charge in [0.15, 0.2) is 6.10 Å². The summed E-state index contributed by atoms with van der Waals surface area (Å²) in [4.78, 5) is 20.6. The van der Waals surface area contributed by atoms with Gasteiger partial charge in [-0.3, -0.25) is 4.79 Å². The Hall–Kier alpha value is -2.11. The third-order valence-corrected chi connectivity index (χ3v) is 6.43. The summed E-state index contributed by atoms with van der Waals surface area (Å²) in [6, 6.07) is 11.7. The highest BCUT2D eigenvalue weighted by Gasteiger charge is 2.31. The Morgan fingerprint density at radius 2 is 1.93 bits per heavy atom. The largest absolute Gasteiger partial charge is 0.390 e. The molecule has 0 aromatic heterocycles. The first-order valence-electron chi connectivity index (χ1n) is 10.2. The lowest BCUT2D eigenvalue weighted by molar-refractivity contribution is -0.137. The monoisotopic (exact) mass is 448 g/mol. The molecule has 2 aromatic rings. The second-order valence-corrected chi connectivity index (χ2v) is 8.74. The van der Waals surface area contributed by atoms with Crippen LogP contribution in [0.2, 0.25) is 10.0 Å². The van der Waals surface area contributed by atoms with Crippen LogP contribution < -0.4 is 0 Å². The van der Waals surface area contributed by atoms with Crippen LogP contribution in [0, 0.1) is 11.7 Å². The summed E-state index contributed by atoms with van der Waals surface area (Å²) in [6.07, 6.45) is 4.29. The van der Waals surface area contributed by atoms with Crippen molar-refractivity contribution >= 4 is 34.8 Å². The van der Waals surface area contributed by atoms with E-state index >= 15 is 0 Å². The van der Waals surface area contributed by atoms with E-state index in [1.807, 2.05) is 12.1 Å². The van der Waals surface area contributed by atoms with Crippen molar-refractivity contribution in [3.05, 3.63) is 69.5 Å². The molecule has 1 atom stereocenters. The summed E-state index contributed by atoms with van der Waals surface area (Å²) in [5.74, 6) is -0.151. The molecule has 7 heteroatoms. The Bertz CT molecular complexity index is 960. The van der Waals surface area contributed by atoms with Crippen LogP contribution in [0.3, 0.4) is 0 Å². The zero-order chi connectivity index (χ0) is 21.1. The molecule has 0 bridgehead atoms. The average molecular weight is 449 g/mol. The highest BCUT2D eigenvalue weighted by atomic mass is 35.5. The summed E-state index contributed by atoms with van der Waals surface area (Å²) in [5, 5.41) is 5.15. The molecule has 0 N–H and O–H groups in total. The number of nitrogens with zero attached hydrogens (tertiary/aromatic N) is 2. The van der Waals surface area contributed by atoms with Crippen LogP contribution in [0.15, 0.2) is 47.6 Å². The van der Waals surface area contributed by atoms with E-state index in [1.165, 1.54) is 12.1 Å². The quantitative estimate of drug-likeness (QED) is 0.556. The Morgan fingerprint density at radius 1 is 1.13 bits per heavy atom. The lowest BCUT2D eigenvalue weighted by Crippen LogP contribution is -2.40. The van der Waals surface area contributed by atoms with Gasteiger partial charge in [-0.15, -0.1) is 0 Å². The SMILES string of the molecule is O=C(C1CCCC1)N(Cc1cccc(F)c1)C[C@@H]1CC(c2ccc(Cl)c(Cl)c2)=NO1. The van der Waals surface area contributed by atoms with Crippen molar-refractivity contribution in [1.29, 1.82) is 0 Å². The lowest BCUT2D eigenvalue weighted by atomic mass is 10.0. The molecule has 158 valence electrons. The van der Waals surface area contributed by atoms with Crippen molar-refractivity contribution in [1.82, 2.24) is 4.90 Å². The second-order valence-electron chi connectivity index (χ2n) is 7.93. The summed E-state index contributed by atoms with van der Waals surface area (Å²) >= 11 is 12.1. The minimum absolute atomic E-state index is 0.0374. The number of carbonyl (C=O) groups is 1. The van der Waals surface area contributed by atoms with Crippen molar-refractivity contribution in [2.45, 2.75) is 44.8 Å². The molecule has 1 saturated carbocycles. The maximum absolute atomic E-state index is 13.7. The molecule has 0 unspecified atom stereocenters. The third kappa shape index (κ3) is 4.96. The van der Waals surface area contributed by atoms with Crippen molar-refractivity contribution < 1.29 is 14.0 Å². The number of rotatable bonds is 6. The van der Waals surface area contributed by atoms with E-state index in [0.717, 1.165) is 42.5 Å². The highest BCUT2D eigenvalue weighted by molar-refractivity contribution is 6.42. The van der Waals surface area contributed by atoms with Gasteiger partial charge in [0, 0.05) is 24.4 Å². The van der Waals surface area contributed by atoms with E-state index in [-0.39, 0.29) is 23.7 Å². The van der Waals surface area contributed by atoms with Crippen LogP contribution in [0.1, 0.15) is 43.2 Å². The van der Waals surface area contributed by atoms with Gasteiger partial charge < -0.3 is 9.74 Å². The first kappa shape index (κ1) is 21.1. The van der Waals surface area contributed by atoms with Crippen LogP contribution in [0.4, 0.5) is 4.39 Å². The maximum atomic E-state index is 13.7. The van der Waals surface area contributed by atoms with Gasteiger partial charge in [0.1, 0.15) is 5.82 Å². The molecule has 1 aliphatic carbocycles. The van der Waals surface area contributed by atoms with Crippen LogP contribution in [-0.4, -0.2) is 29.2 Å². The topological polar surface area (TPSA) is 41.9 Å². The van der Waals surface area contributed by atoms with E-state index in [9.17, 15) is 9.18 Å². The first-order chi connectivity index (χ1) is 14.5. The Morgan fingerprint density at radius 3 is 2.67 bits per heavy atom. The van der Waals surface area contributed by atoms with Crippen molar-refractivity contribution in [2.24, 2.45) is 11.1 Å². The first-order valence-corrected chi connectivity index (χ1v) is 11.0. The van der Waals surface area contributed by atoms with Gasteiger partial charge >= 0.3 is 0 Å². The van der Waals surface area contributed by atoms with Crippen LogP contribution >= 0.6 is 23.2 Å². The standard InChI is InChI=1S/C23H23Cl2FN2O2/c24-20-9-8-17(11-21(20)25)22-12-19(30-27-22)14-28(23(29)16-5-1-2-6-16)13-15-4-3-7-18(26)10-15/h3-4,7-11,16,19H,1-2,5-6,12-14H2/t19-/m0/s1. The van der Waals surface area contributed by atoms with Gasteiger partial charge in [-0.2, -0.15) is 0 Å². The van der Waals surface area contributed by atoms with E-state index in [0.29, 0.717) is 29.6 Å². The summed E-state index contributed by atoms with van der Waals surface area (Å²) in [5.41, 5.74) is 2.40. The Balaban J connectivity index is 1.46. The van der Waals surface area contributed by atoms with E-state index in [1.54, 1.807) is 23.1 Å². The predicted octanol–water partition coefficient (Wildman–Crippen LogP) is 5.84. The van der Waals surface area contributed by atoms with Crippen LogP contribution in [0.25, 0.3) is 0 Å². The lowest BCUT2D eigenvalue weighted by Gasteiger charge is -2.27. The molecule has 2 aliphatic rings. The molecule has 0 radical (unpaired) electrons. The average Bonchev–Trinajstić information content (AvgIpc) is 3.41. The minimum atomic E-state index is -0.303. The van der Waals surface area contributed by atoms with Crippen molar-refractivity contribution in [2.75, 3.05) is 6.54 Å². The summed E-state index contributed by atoms with van der Waals surface area (Å²) in [6.45, 7) is 0.759. The molecule has 2 aromatic carbocycles. The normalized spacial score (nSPS) is 18.9. The molecule has 1 heterocycles. The fourth-order valence-corrected chi connectivity index (χ4v) is 4.44. The zero-order valence-electron chi connectivity index (χ0n) is 16.5. The molecular weight excluding hydrogens is 426 g/mol. The molecule has 0 spiro atoms. The van der Waals surface area contributed by atoms with Crippen LogP contribution in [-0.2, 0) is 16.2 Å². The van der Waals surface area contributed by atoms with Crippen molar-refractivity contribution in [3.8, 4) is 0 Å². The molecule has 1 aliphatic heterocycles. The molecular formula is C23H23Cl2FN2O2. The number of halogens is 3.